The van der Waals surface area contributed by atoms with Crippen LogP contribution in [0.1, 0.15) is 50.4 Å². The third-order valence-electron chi connectivity index (χ3n) is 4.71. The van der Waals surface area contributed by atoms with Crippen LogP contribution in [0.5, 0.6) is 0 Å². The predicted octanol–water partition coefficient (Wildman–Crippen LogP) is 3.43. The molecule has 1 aromatic carbocycles. The summed E-state index contributed by atoms with van der Waals surface area (Å²) in [5.41, 5.74) is 6.51. The highest BCUT2D eigenvalue weighted by Gasteiger charge is 2.33. The number of anilines is 1. The summed E-state index contributed by atoms with van der Waals surface area (Å²) in [5.74, 6) is 0.355. The Hall–Kier alpha value is -2.04. The third kappa shape index (κ3) is 4.98. The molecule has 0 aliphatic heterocycles. The van der Waals surface area contributed by atoms with Crippen molar-refractivity contribution in [3.8, 4) is 0 Å². The summed E-state index contributed by atoms with van der Waals surface area (Å²) in [6.07, 6.45) is 3.03. The van der Waals surface area contributed by atoms with Crippen LogP contribution in [0, 0.1) is 17.8 Å². The molecule has 0 aromatic heterocycles. The summed E-state index contributed by atoms with van der Waals surface area (Å²) in [6.45, 7) is 6.13. The molecule has 0 radical (unpaired) electrons. The lowest BCUT2D eigenvalue weighted by Crippen LogP contribution is -2.36. The van der Waals surface area contributed by atoms with Gasteiger partial charge >= 0.3 is 11.9 Å². The fourth-order valence-corrected chi connectivity index (χ4v) is 3.28. The summed E-state index contributed by atoms with van der Waals surface area (Å²) in [6, 6.07) is 6.37. The Balaban J connectivity index is 1.85. The van der Waals surface area contributed by atoms with Crippen LogP contribution < -0.4 is 5.73 Å². The van der Waals surface area contributed by atoms with Crippen LogP contribution in [0.25, 0.3) is 0 Å². The van der Waals surface area contributed by atoms with Gasteiger partial charge < -0.3 is 15.2 Å². The zero-order valence-electron chi connectivity index (χ0n) is 14.7. The minimum atomic E-state index is -0.552. The van der Waals surface area contributed by atoms with Crippen LogP contribution >= 0.6 is 0 Å². The molecule has 1 saturated carbocycles. The lowest BCUT2D eigenvalue weighted by atomic mass is 9.75. The average molecular weight is 333 g/mol. The van der Waals surface area contributed by atoms with Crippen molar-refractivity contribution in [2.24, 2.45) is 17.8 Å². The number of hydrogen-bond donors (Lipinski definition) is 1. The summed E-state index contributed by atoms with van der Waals surface area (Å²) >= 11 is 0. The second-order valence-corrected chi connectivity index (χ2v) is 7.05. The SMILES string of the molecule is CC(C)[C@H]1CC[C@@H](C)C[C@@H]1OC(=O)COC(=O)c1ccc(N)cc1. The fraction of sp³-hybridized carbons (Fsp3) is 0.579. The molecule has 0 bridgehead atoms. The highest BCUT2D eigenvalue weighted by atomic mass is 16.6. The highest BCUT2D eigenvalue weighted by Crippen LogP contribution is 2.35. The maximum atomic E-state index is 12.1. The van der Waals surface area contributed by atoms with E-state index in [1.54, 1.807) is 24.3 Å². The van der Waals surface area contributed by atoms with E-state index in [0.717, 1.165) is 12.8 Å². The predicted molar refractivity (Wildman–Crippen MR) is 92.4 cm³/mol. The minimum Gasteiger partial charge on any atom is -0.460 e. The van der Waals surface area contributed by atoms with E-state index in [4.69, 9.17) is 15.2 Å². The van der Waals surface area contributed by atoms with Gasteiger partial charge in [-0.2, -0.15) is 0 Å². The molecule has 0 saturated heterocycles. The van der Waals surface area contributed by atoms with Gasteiger partial charge in [0.05, 0.1) is 5.56 Å². The molecule has 3 atom stereocenters. The normalized spacial score (nSPS) is 23.8. The van der Waals surface area contributed by atoms with Gasteiger partial charge in [0.25, 0.3) is 0 Å². The van der Waals surface area contributed by atoms with Crippen LogP contribution in [0.15, 0.2) is 24.3 Å². The molecule has 1 aliphatic rings. The molecule has 1 aromatic rings. The van der Waals surface area contributed by atoms with E-state index < -0.39 is 11.9 Å². The first-order valence-corrected chi connectivity index (χ1v) is 8.59. The van der Waals surface area contributed by atoms with Crippen molar-refractivity contribution >= 4 is 17.6 Å². The number of carbonyl (C=O) groups excluding carboxylic acids is 2. The van der Waals surface area contributed by atoms with Crippen molar-refractivity contribution in [2.75, 3.05) is 12.3 Å². The van der Waals surface area contributed by atoms with Gasteiger partial charge in [-0.3, -0.25) is 0 Å². The van der Waals surface area contributed by atoms with Gasteiger partial charge in [-0.05, 0) is 54.9 Å². The molecular formula is C19H27NO4. The molecule has 0 amide bonds. The molecule has 2 N–H and O–H groups in total. The molecule has 5 nitrogen and oxygen atoms in total. The second kappa shape index (κ2) is 8.18. The Bertz CT molecular complexity index is 567. The smallest absolute Gasteiger partial charge is 0.344 e. The Labute approximate surface area is 143 Å². The summed E-state index contributed by atoms with van der Waals surface area (Å²) in [4.78, 5) is 24.0. The van der Waals surface area contributed by atoms with Crippen molar-refractivity contribution in [1.82, 2.24) is 0 Å². The Morgan fingerprint density at radius 3 is 2.50 bits per heavy atom. The van der Waals surface area contributed by atoms with Crippen molar-refractivity contribution < 1.29 is 19.1 Å². The van der Waals surface area contributed by atoms with Gasteiger partial charge in [0.15, 0.2) is 6.61 Å². The fourth-order valence-electron chi connectivity index (χ4n) is 3.28. The summed E-state index contributed by atoms with van der Waals surface area (Å²) in [5, 5.41) is 0. The number of hydrogen-bond acceptors (Lipinski definition) is 5. The zero-order chi connectivity index (χ0) is 17.7. The van der Waals surface area contributed by atoms with Crippen LogP contribution in [-0.2, 0) is 14.3 Å². The lowest BCUT2D eigenvalue weighted by Gasteiger charge is -2.36. The van der Waals surface area contributed by atoms with Crippen LogP contribution in [0.3, 0.4) is 0 Å². The zero-order valence-corrected chi connectivity index (χ0v) is 14.7. The largest absolute Gasteiger partial charge is 0.460 e. The highest BCUT2D eigenvalue weighted by molar-refractivity contribution is 5.91. The number of ether oxygens (including phenoxy) is 2. The van der Waals surface area contributed by atoms with Crippen LogP contribution in [0.4, 0.5) is 5.69 Å². The maximum Gasteiger partial charge on any atom is 0.344 e. The molecule has 1 aliphatic carbocycles. The number of rotatable bonds is 5. The first kappa shape index (κ1) is 18.3. The standard InChI is InChI=1S/C19H27NO4/c1-12(2)16-9-4-13(3)10-17(16)24-18(21)11-23-19(22)14-5-7-15(20)8-6-14/h5-8,12-13,16-17H,4,9-11,20H2,1-3H3/t13-,16-,17+/m1/s1. The molecule has 5 heteroatoms. The second-order valence-electron chi connectivity index (χ2n) is 7.05. The molecule has 0 unspecified atom stereocenters. The summed E-state index contributed by atoms with van der Waals surface area (Å²) in [7, 11) is 0. The van der Waals surface area contributed by atoms with E-state index in [9.17, 15) is 9.59 Å². The first-order chi connectivity index (χ1) is 11.4. The topological polar surface area (TPSA) is 78.6 Å². The molecule has 0 spiro atoms. The van der Waals surface area contributed by atoms with E-state index in [2.05, 4.69) is 20.8 Å². The number of carbonyl (C=O) groups is 2. The van der Waals surface area contributed by atoms with E-state index in [0.29, 0.717) is 29.0 Å². The van der Waals surface area contributed by atoms with E-state index in [1.807, 2.05) is 0 Å². The van der Waals surface area contributed by atoms with Crippen molar-refractivity contribution in [1.29, 1.82) is 0 Å². The average Bonchev–Trinajstić information content (AvgIpc) is 2.53. The van der Waals surface area contributed by atoms with Gasteiger partial charge in [-0.15, -0.1) is 0 Å². The number of esters is 2. The first-order valence-electron chi connectivity index (χ1n) is 8.59. The summed E-state index contributed by atoms with van der Waals surface area (Å²) < 4.78 is 10.6. The van der Waals surface area contributed by atoms with Crippen LogP contribution in [-0.4, -0.2) is 24.6 Å². The Kier molecular flexibility index (Phi) is 6.23. The molecule has 132 valence electrons. The van der Waals surface area contributed by atoms with Crippen molar-refractivity contribution in [3.63, 3.8) is 0 Å². The van der Waals surface area contributed by atoms with Gasteiger partial charge in [0.2, 0.25) is 0 Å². The lowest BCUT2D eigenvalue weighted by molar-refractivity contribution is -0.159. The van der Waals surface area contributed by atoms with Gasteiger partial charge in [0, 0.05) is 5.69 Å². The Morgan fingerprint density at radius 1 is 1.21 bits per heavy atom. The van der Waals surface area contributed by atoms with Gasteiger partial charge in [0.1, 0.15) is 6.10 Å². The third-order valence-corrected chi connectivity index (χ3v) is 4.71. The van der Waals surface area contributed by atoms with Gasteiger partial charge in [-0.25, -0.2) is 9.59 Å². The molecule has 2 rings (SSSR count). The minimum absolute atomic E-state index is 0.0866. The maximum absolute atomic E-state index is 12.1. The number of nitrogen functional groups attached to an aromatic ring is 1. The quantitative estimate of drug-likeness (QED) is 0.660. The number of nitrogens with two attached hydrogens (primary N) is 1. The molecule has 0 heterocycles. The monoisotopic (exact) mass is 333 g/mol. The molecular weight excluding hydrogens is 306 g/mol. The molecule has 24 heavy (non-hydrogen) atoms. The van der Waals surface area contributed by atoms with Gasteiger partial charge in [-0.1, -0.05) is 27.2 Å². The van der Waals surface area contributed by atoms with E-state index >= 15 is 0 Å². The van der Waals surface area contributed by atoms with E-state index in [-0.39, 0.29) is 12.7 Å². The van der Waals surface area contributed by atoms with Crippen LogP contribution in [0.2, 0.25) is 0 Å². The molecule has 1 fully saturated rings. The number of benzene rings is 1. The van der Waals surface area contributed by atoms with E-state index in [1.165, 1.54) is 6.42 Å². The van der Waals surface area contributed by atoms with Crippen molar-refractivity contribution in [2.45, 2.75) is 46.1 Å². The Morgan fingerprint density at radius 2 is 1.88 bits per heavy atom. The van der Waals surface area contributed by atoms with Crippen molar-refractivity contribution in [3.05, 3.63) is 29.8 Å².